The van der Waals surface area contributed by atoms with Crippen LogP contribution in [-0.2, 0) is 0 Å². The van der Waals surface area contributed by atoms with Crippen LogP contribution in [0.3, 0.4) is 0 Å². The molecule has 0 radical (unpaired) electrons. The highest BCUT2D eigenvalue weighted by Gasteiger charge is 2.02. The average molecular weight is 220 g/mol. The molecule has 0 spiro atoms. The van der Waals surface area contributed by atoms with E-state index in [-0.39, 0.29) is 0 Å². The van der Waals surface area contributed by atoms with E-state index in [9.17, 15) is 0 Å². The van der Waals surface area contributed by atoms with E-state index in [1.165, 1.54) is 0 Å². The van der Waals surface area contributed by atoms with Crippen molar-refractivity contribution < 1.29 is 4.84 Å². The Labute approximate surface area is 93.3 Å². The zero-order chi connectivity index (χ0) is 10.7. The van der Waals surface area contributed by atoms with Crippen LogP contribution in [0.4, 0.5) is 0 Å². The number of rotatable bonds is 3. The lowest BCUT2D eigenvalue weighted by Crippen LogP contribution is -2.08. The van der Waals surface area contributed by atoms with Crippen molar-refractivity contribution in [2.45, 2.75) is 6.92 Å². The lowest BCUT2D eigenvalue weighted by molar-refractivity contribution is 0.118. The van der Waals surface area contributed by atoms with Crippen LogP contribution in [0, 0.1) is 4.77 Å². The van der Waals surface area contributed by atoms with E-state index in [2.05, 4.69) is 4.98 Å². The molecule has 0 saturated carbocycles. The summed E-state index contributed by atoms with van der Waals surface area (Å²) in [5, 5.41) is 0. The molecule has 3 nitrogen and oxygen atoms in total. The fraction of sp³-hybridized carbons (Fsp3) is 0.182. The number of aromatic amines is 1. The summed E-state index contributed by atoms with van der Waals surface area (Å²) in [5.74, 6) is 0. The highest BCUT2D eigenvalue weighted by atomic mass is 32.1. The molecule has 0 saturated heterocycles. The first-order valence-corrected chi connectivity index (χ1v) is 5.22. The maximum Gasteiger partial charge on any atom is 0.212 e. The topological polar surface area (TPSA) is 29.9 Å². The first-order valence-electron chi connectivity index (χ1n) is 4.81. The predicted molar refractivity (Wildman–Crippen MR) is 62.2 cm³/mol. The Kier molecular flexibility index (Phi) is 2.87. The first kappa shape index (κ1) is 9.98. The summed E-state index contributed by atoms with van der Waals surface area (Å²) in [4.78, 5) is 8.42. The number of nitrogens with zero attached hydrogens (tertiary/aromatic N) is 1. The normalized spacial score (nSPS) is 10.2. The maximum atomic E-state index is 5.32. The molecule has 1 N–H and O–H groups in total. The van der Waals surface area contributed by atoms with Gasteiger partial charge in [0.25, 0.3) is 0 Å². The lowest BCUT2D eigenvalue weighted by atomic mass is 10.2. The molecule has 2 rings (SSSR count). The van der Waals surface area contributed by atoms with Gasteiger partial charge in [0.1, 0.15) is 6.61 Å². The number of benzene rings is 1. The van der Waals surface area contributed by atoms with Crippen LogP contribution in [-0.4, -0.2) is 16.3 Å². The van der Waals surface area contributed by atoms with Crippen molar-refractivity contribution >= 4 is 12.2 Å². The van der Waals surface area contributed by atoms with Crippen LogP contribution in [0.15, 0.2) is 36.5 Å². The summed E-state index contributed by atoms with van der Waals surface area (Å²) in [5.41, 5.74) is 2.07. The minimum atomic E-state index is 0.579. The van der Waals surface area contributed by atoms with Gasteiger partial charge >= 0.3 is 0 Å². The van der Waals surface area contributed by atoms with Crippen LogP contribution in [0.1, 0.15) is 6.92 Å². The molecule has 0 fully saturated rings. The van der Waals surface area contributed by atoms with Gasteiger partial charge in [0, 0.05) is 0 Å². The van der Waals surface area contributed by atoms with Gasteiger partial charge in [-0.05, 0) is 24.7 Å². The fourth-order valence-electron chi connectivity index (χ4n) is 1.38. The summed E-state index contributed by atoms with van der Waals surface area (Å²) in [6, 6.07) is 10.0. The van der Waals surface area contributed by atoms with Gasteiger partial charge in [-0.25, -0.2) is 0 Å². The second-order valence-corrected chi connectivity index (χ2v) is 3.47. The van der Waals surface area contributed by atoms with Crippen LogP contribution >= 0.6 is 12.2 Å². The van der Waals surface area contributed by atoms with Gasteiger partial charge in [0.05, 0.1) is 11.9 Å². The molecule has 1 aromatic carbocycles. The minimum Gasteiger partial charge on any atom is -0.412 e. The Bertz CT molecular complexity index is 487. The Morgan fingerprint density at radius 1 is 1.33 bits per heavy atom. The average Bonchev–Trinajstić information content (AvgIpc) is 2.63. The summed E-state index contributed by atoms with van der Waals surface area (Å²) in [6.07, 6.45) is 1.86. The standard InChI is InChI=1S/C11H12N2OS/c1-2-14-13-8-10(12-11(13)15)9-6-4-3-5-7-9/h3-8H,2H2,1H3,(H,12,15). The van der Waals surface area contributed by atoms with Crippen LogP contribution < -0.4 is 4.84 Å². The van der Waals surface area contributed by atoms with E-state index >= 15 is 0 Å². The second kappa shape index (κ2) is 4.31. The number of hydrogen-bond acceptors (Lipinski definition) is 2. The van der Waals surface area contributed by atoms with Crippen molar-refractivity contribution in [2.75, 3.05) is 6.61 Å². The van der Waals surface area contributed by atoms with Gasteiger partial charge in [-0.15, -0.1) is 0 Å². The molecule has 0 bridgehead atoms. The van der Waals surface area contributed by atoms with Gasteiger partial charge in [0.15, 0.2) is 0 Å². The van der Waals surface area contributed by atoms with E-state index < -0.39 is 0 Å². The number of aromatic nitrogens is 2. The lowest BCUT2D eigenvalue weighted by Gasteiger charge is -2.00. The second-order valence-electron chi connectivity index (χ2n) is 3.08. The van der Waals surface area contributed by atoms with Crippen molar-refractivity contribution in [1.82, 2.24) is 9.71 Å². The highest BCUT2D eigenvalue weighted by molar-refractivity contribution is 7.71. The van der Waals surface area contributed by atoms with Crippen LogP contribution in [0.25, 0.3) is 11.3 Å². The molecule has 1 aromatic heterocycles. The van der Waals surface area contributed by atoms with Crippen molar-refractivity contribution in [3.05, 3.63) is 41.3 Å². The fourth-order valence-corrected chi connectivity index (χ4v) is 1.59. The molecule has 4 heteroatoms. The molecule has 0 aliphatic carbocycles. The third kappa shape index (κ3) is 2.10. The summed E-state index contributed by atoms with van der Waals surface area (Å²) in [7, 11) is 0. The molecule has 78 valence electrons. The molecular formula is C11H12N2OS. The Hall–Kier alpha value is -1.55. The summed E-state index contributed by atoms with van der Waals surface area (Å²) in [6.45, 7) is 2.53. The van der Waals surface area contributed by atoms with Crippen molar-refractivity contribution in [2.24, 2.45) is 0 Å². The molecule has 0 aliphatic heterocycles. The van der Waals surface area contributed by atoms with Crippen LogP contribution in [0.5, 0.6) is 0 Å². The predicted octanol–water partition coefficient (Wildman–Crippen LogP) is 2.66. The van der Waals surface area contributed by atoms with E-state index in [4.69, 9.17) is 17.1 Å². The Balaban J connectivity index is 2.39. The zero-order valence-electron chi connectivity index (χ0n) is 8.43. The number of imidazole rings is 1. The maximum absolute atomic E-state index is 5.32. The van der Waals surface area contributed by atoms with E-state index in [1.807, 2.05) is 43.5 Å². The van der Waals surface area contributed by atoms with Crippen molar-refractivity contribution in [1.29, 1.82) is 0 Å². The molecule has 15 heavy (non-hydrogen) atoms. The summed E-state index contributed by atoms with van der Waals surface area (Å²) >= 11 is 5.12. The van der Waals surface area contributed by atoms with E-state index in [1.54, 1.807) is 4.73 Å². The summed E-state index contributed by atoms with van der Waals surface area (Å²) < 4.78 is 2.16. The molecule has 1 heterocycles. The molecule has 0 atom stereocenters. The number of H-pyrrole nitrogens is 1. The molecule has 0 unspecified atom stereocenters. The monoisotopic (exact) mass is 220 g/mol. The molecular weight excluding hydrogens is 208 g/mol. The smallest absolute Gasteiger partial charge is 0.212 e. The largest absolute Gasteiger partial charge is 0.412 e. The quantitative estimate of drug-likeness (QED) is 0.806. The highest BCUT2D eigenvalue weighted by Crippen LogP contribution is 2.15. The number of hydrogen-bond donors (Lipinski definition) is 1. The minimum absolute atomic E-state index is 0.579. The van der Waals surface area contributed by atoms with E-state index in [0.29, 0.717) is 11.4 Å². The first-order chi connectivity index (χ1) is 7.31. The van der Waals surface area contributed by atoms with Crippen molar-refractivity contribution in [3.63, 3.8) is 0 Å². The van der Waals surface area contributed by atoms with Gasteiger partial charge < -0.3 is 9.82 Å². The van der Waals surface area contributed by atoms with Crippen molar-refractivity contribution in [3.8, 4) is 11.3 Å². The third-order valence-electron chi connectivity index (χ3n) is 2.04. The van der Waals surface area contributed by atoms with Gasteiger partial charge in [-0.2, -0.15) is 4.73 Å². The molecule has 2 aromatic rings. The Morgan fingerprint density at radius 3 is 2.73 bits per heavy atom. The Morgan fingerprint density at radius 2 is 2.07 bits per heavy atom. The zero-order valence-corrected chi connectivity index (χ0v) is 9.25. The molecule has 0 aliphatic rings. The van der Waals surface area contributed by atoms with Crippen LogP contribution in [0.2, 0.25) is 0 Å². The molecule has 0 amide bonds. The SMILES string of the molecule is CCOn1cc(-c2ccccc2)[nH]c1=S. The van der Waals surface area contributed by atoms with Gasteiger partial charge in [-0.3, -0.25) is 0 Å². The third-order valence-corrected chi connectivity index (χ3v) is 2.32. The van der Waals surface area contributed by atoms with Gasteiger partial charge in [0.2, 0.25) is 4.77 Å². The number of nitrogens with one attached hydrogen (secondary N) is 1. The van der Waals surface area contributed by atoms with Gasteiger partial charge in [-0.1, -0.05) is 30.3 Å². The van der Waals surface area contributed by atoms with E-state index in [0.717, 1.165) is 11.3 Å².